The van der Waals surface area contributed by atoms with E-state index in [1.165, 1.54) is 5.56 Å². The summed E-state index contributed by atoms with van der Waals surface area (Å²) in [5, 5.41) is 9.68. The van der Waals surface area contributed by atoms with Crippen molar-refractivity contribution in [2.45, 2.75) is 44.6 Å². The molecule has 1 unspecified atom stereocenters. The standard InChI is InChI=1S/C17H23NO/c1-4-15-16(6-5-7-17(15)18-3)14-10-8-13(9-11-14)12(2)19/h4-7,12-14,19H,1,3,8-11H2,2H3. The monoisotopic (exact) mass is 257 g/mol. The summed E-state index contributed by atoms with van der Waals surface area (Å²) in [5.74, 6) is 1.02. The molecule has 0 spiro atoms. The summed E-state index contributed by atoms with van der Waals surface area (Å²) < 4.78 is 0. The van der Waals surface area contributed by atoms with Gasteiger partial charge in [-0.3, -0.25) is 4.99 Å². The molecule has 1 aromatic carbocycles. The zero-order valence-corrected chi connectivity index (χ0v) is 11.7. The highest BCUT2D eigenvalue weighted by Gasteiger charge is 2.26. The largest absolute Gasteiger partial charge is 0.393 e. The van der Waals surface area contributed by atoms with Crippen LogP contribution in [0.5, 0.6) is 0 Å². The minimum atomic E-state index is -0.180. The molecule has 19 heavy (non-hydrogen) atoms. The lowest BCUT2D eigenvalue weighted by Crippen LogP contribution is -2.22. The normalized spacial score (nSPS) is 24.7. The van der Waals surface area contributed by atoms with Gasteiger partial charge >= 0.3 is 0 Å². The molecule has 1 aliphatic rings. The molecule has 2 heteroatoms. The van der Waals surface area contributed by atoms with Crippen LogP contribution >= 0.6 is 0 Å². The van der Waals surface area contributed by atoms with Crippen LogP contribution in [0.25, 0.3) is 6.08 Å². The molecule has 2 nitrogen and oxygen atoms in total. The van der Waals surface area contributed by atoms with Gasteiger partial charge in [0.05, 0.1) is 11.8 Å². The molecule has 0 aromatic heterocycles. The van der Waals surface area contributed by atoms with Crippen molar-refractivity contribution in [3.63, 3.8) is 0 Å². The van der Waals surface area contributed by atoms with Gasteiger partial charge < -0.3 is 5.11 Å². The zero-order chi connectivity index (χ0) is 13.8. The second-order valence-corrected chi connectivity index (χ2v) is 5.49. The lowest BCUT2D eigenvalue weighted by Gasteiger charge is -2.31. The van der Waals surface area contributed by atoms with E-state index < -0.39 is 0 Å². The summed E-state index contributed by atoms with van der Waals surface area (Å²) in [5.41, 5.74) is 3.38. The topological polar surface area (TPSA) is 32.6 Å². The lowest BCUT2D eigenvalue weighted by molar-refractivity contribution is 0.0967. The third-order valence-electron chi connectivity index (χ3n) is 4.39. The van der Waals surface area contributed by atoms with E-state index in [9.17, 15) is 5.11 Å². The van der Waals surface area contributed by atoms with Crippen LogP contribution in [-0.2, 0) is 0 Å². The SMILES string of the molecule is C=Cc1c(N=C)cccc1C1CCC(C(C)O)CC1. The highest BCUT2D eigenvalue weighted by molar-refractivity contribution is 5.68. The predicted octanol–water partition coefficient (Wildman–Crippen LogP) is 4.32. The van der Waals surface area contributed by atoms with E-state index in [1.807, 2.05) is 25.1 Å². The Balaban J connectivity index is 2.20. The molecule has 2 rings (SSSR count). The van der Waals surface area contributed by atoms with E-state index in [4.69, 9.17) is 0 Å². The van der Waals surface area contributed by atoms with Gasteiger partial charge in [0.1, 0.15) is 0 Å². The van der Waals surface area contributed by atoms with Crippen molar-refractivity contribution in [2.24, 2.45) is 10.9 Å². The number of benzene rings is 1. The molecule has 0 bridgehead atoms. The van der Waals surface area contributed by atoms with Crippen molar-refractivity contribution < 1.29 is 5.11 Å². The molecule has 0 aliphatic heterocycles. The Labute approximate surface area is 115 Å². The molecule has 102 valence electrons. The average Bonchev–Trinajstić information content (AvgIpc) is 2.46. The Kier molecular flexibility index (Phi) is 4.54. The summed E-state index contributed by atoms with van der Waals surface area (Å²) in [6.45, 7) is 9.45. The number of hydrogen-bond donors (Lipinski definition) is 1. The van der Waals surface area contributed by atoms with Crippen LogP contribution in [0.15, 0.2) is 29.8 Å². The molecule has 1 N–H and O–H groups in total. The quantitative estimate of drug-likeness (QED) is 0.801. The van der Waals surface area contributed by atoms with E-state index in [1.54, 1.807) is 0 Å². The Bertz CT molecular complexity index is 456. The predicted molar refractivity (Wildman–Crippen MR) is 82.1 cm³/mol. The Hall–Kier alpha value is -1.41. The number of aliphatic hydroxyl groups excluding tert-OH is 1. The van der Waals surface area contributed by atoms with Crippen LogP contribution in [0.4, 0.5) is 5.69 Å². The third-order valence-corrected chi connectivity index (χ3v) is 4.39. The Morgan fingerprint density at radius 2 is 2.00 bits per heavy atom. The molecular weight excluding hydrogens is 234 g/mol. The van der Waals surface area contributed by atoms with E-state index in [0.717, 1.165) is 36.9 Å². The summed E-state index contributed by atoms with van der Waals surface area (Å²) in [6, 6.07) is 6.21. The van der Waals surface area contributed by atoms with Crippen LogP contribution in [-0.4, -0.2) is 17.9 Å². The van der Waals surface area contributed by atoms with E-state index in [2.05, 4.69) is 24.4 Å². The first-order chi connectivity index (χ1) is 9.17. The molecule has 1 aromatic rings. The molecule has 1 atom stereocenters. The van der Waals surface area contributed by atoms with Gasteiger partial charge in [-0.05, 0) is 62.8 Å². The van der Waals surface area contributed by atoms with Crippen molar-refractivity contribution in [1.29, 1.82) is 0 Å². The van der Waals surface area contributed by atoms with Gasteiger partial charge in [-0.2, -0.15) is 0 Å². The van der Waals surface area contributed by atoms with Gasteiger partial charge in [-0.15, -0.1) is 0 Å². The van der Waals surface area contributed by atoms with Crippen LogP contribution in [0.1, 0.15) is 49.7 Å². The van der Waals surface area contributed by atoms with Crippen LogP contribution < -0.4 is 0 Å². The van der Waals surface area contributed by atoms with Crippen LogP contribution in [0.2, 0.25) is 0 Å². The van der Waals surface area contributed by atoms with Crippen molar-refractivity contribution in [3.8, 4) is 0 Å². The summed E-state index contributed by atoms with van der Waals surface area (Å²) in [4.78, 5) is 4.08. The fourth-order valence-electron chi connectivity index (χ4n) is 3.20. The number of aliphatic hydroxyl groups is 1. The minimum absolute atomic E-state index is 0.180. The van der Waals surface area contributed by atoms with Crippen LogP contribution in [0.3, 0.4) is 0 Å². The van der Waals surface area contributed by atoms with Crippen molar-refractivity contribution in [3.05, 3.63) is 35.9 Å². The second-order valence-electron chi connectivity index (χ2n) is 5.49. The van der Waals surface area contributed by atoms with Crippen molar-refractivity contribution in [2.75, 3.05) is 0 Å². The maximum atomic E-state index is 9.68. The van der Waals surface area contributed by atoms with Gasteiger partial charge in [0.2, 0.25) is 0 Å². The van der Waals surface area contributed by atoms with Crippen molar-refractivity contribution in [1.82, 2.24) is 0 Å². The number of aliphatic imine (C=N–C) groups is 1. The summed E-state index contributed by atoms with van der Waals surface area (Å²) >= 11 is 0. The second kappa shape index (κ2) is 6.16. The highest BCUT2D eigenvalue weighted by Crippen LogP contribution is 2.40. The third kappa shape index (κ3) is 2.95. The molecule has 1 fully saturated rings. The fourth-order valence-corrected chi connectivity index (χ4v) is 3.20. The molecule has 0 saturated heterocycles. The van der Waals surface area contributed by atoms with Gasteiger partial charge in [0.25, 0.3) is 0 Å². The van der Waals surface area contributed by atoms with Gasteiger partial charge in [-0.25, -0.2) is 0 Å². The first-order valence-corrected chi connectivity index (χ1v) is 7.07. The minimum Gasteiger partial charge on any atom is -0.393 e. The molecular formula is C17H23NO. The maximum absolute atomic E-state index is 9.68. The van der Waals surface area contributed by atoms with E-state index >= 15 is 0 Å². The molecule has 1 aliphatic carbocycles. The average molecular weight is 257 g/mol. The van der Waals surface area contributed by atoms with Crippen molar-refractivity contribution >= 4 is 18.5 Å². The summed E-state index contributed by atoms with van der Waals surface area (Å²) in [7, 11) is 0. The number of hydrogen-bond acceptors (Lipinski definition) is 2. The smallest absolute Gasteiger partial charge is 0.0697 e. The van der Waals surface area contributed by atoms with Gasteiger partial charge in [-0.1, -0.05) is 24.8 Å². The maximum Gasteiger partial charge on any atom is 0.0697 e. The lowest BCUT2D eigenvalue weighted by atomic mass is 9.76. The Morgan fingerprint density at radius 1 is 1.32 bits per heavy atom. The summed E-state index contributed by atoms with van der Waals surface area (Å²) in [6.07, 6.45) is 6.18. The molecule has 0 heterocycles. The first kappa shape index (κ1) is 14.0. The number of nitrogens with zero attached hydrogens (tertiary/aromatic N) is 1. The molecule has 1 saturated carbocycles. The molecule has 0 amide bonds. The highest BCUT2D eigenvalue weighted by atomic mass is 16.3. The number of rotatable bonds is 4. The van der Waals surface area contributed by atoms with E-state index in [-0.39, 0.29) is 6.10 Å². The van der Waals surface area contributed by atoms with Crippen LogP contribution in [0, 0.1) is 5.92 Å². The molecule has 0 radical (unpaired) electrons. The van der Waals surface area contributed by atoms with E-state index in [0.29, 0.717) is 11.8 Å². The van der Waals surface area contributed by atoms with Gasteiger partial charge in [0, 0.05) is 5.56 Å². The zero-order valence-electron chi connectivity index (χ0n) is 11.7. The van der Waals surface area contributed by atoms with Gasteiger partial charge in [0.15, 0.2) is 0 Å². The first-order valence-electron chi connectivity index (χ1n) is 7.07. The Morgan fingerprint density at radius 3 is 2.53 bits per heavy atom. The fraction of sp³-hybridized carbons (Fsp3) is 0.471.